The molecule has 0 radical (unpaired) electrons. The molecule has 1 aromatic rings. The maximum atomic E-state index is 10.6. The van der Waals surface area contributed by atoms with Gasteiger partial charge in [0.25, 0.3) is 5.69 Å². The molecule has 0 aromatic heterocycles. The summed E-state index contributed by atoms with van der Waals surface area (Å²) in [6.45, 7) is 0. The van der Waals surface area contributed by atoms with Crippen LogP contribution in [-0.4, -0.2) is 11.1 Å². The molecule has 1 aromatic carbocycles. The quantitative estimate of drug-likeness (QED) is 0.375. The second kappa shape index (κ2) is 2.95. The first-order valence-corrected chi connectivity index (χ1v) is 3.88. The number of hydrogen-bond donors (Lipinski definition) is 0. The molecule has 0 aliphatic carbocycles. The molecule has 0 saturated heterocycles. The molecule has 1 heterocycles. The summed E-state index contributed by atoms with van der Waals surface area (Å²) < 4.78 is 0. The molecule has 0 spiro atoms. The van der Waals surface area contributed by atoms with Gasteiger partial charge in [0, 0.05) is 17.8 Å². The van der Waals surface area contributed by atoms with Gasteiger partial charge in [-0.2, -0.15) is 0 Å². The Bertz CT molecular complexity index is 463. The Morgan fingerprint density at radius 2 is 2.21 bits per heavy atom. The van der Waals surface area contributed by atoms with E-state index in [2.05, 4.69) is 4.99 Å². The van der Waals surface area contributed by atoms with Crippen molar-refractivity contribution < 1.29 is 10.0 Å². The molecule has 0 bridgehead atoms. The van der Waals surface area contributed by atoms with E-state index in [4.69, 9.17) is 0 Å². The van der Waals surface area contributed by atoms with Crippen molar-refractivity contribution in [1.82, 2.24) is 0 Å². The van der Waals surface area contributed by atoms with Gasteiger partial charge in [-0.3, -0.25) is 10.1 Å². The maximum Gasteiger partial charge on any atom is 0.295 e. The Balaban J connectivity index is 2.67. The fourth-order valence-electron chi connectivity index (χ4n) is 1.34. The van der Waals surface area contributed by atoms with Crippen molar-refractivity contribution >= 4 is 23.2 Å². The third kappa shape index (κ3) is 1.06. The summed E-state index contributed by atoms with van der Waals surface area (Å²) in [4.78, 5) is 13.9. The van der Waals surface area contributed by atoms with Crippen LogP contribution < -0.4 is 5.11 Å². The molecule has 5 nitrogen and oxygen atoms in total. The summed E-state index contributed by atoms with van der Waals surface area (Å²) in [7, 11) is 0. The van der Waals surface area contributed by atoms with Gasteiger partial charge in [0.2, 0.25) is 0 Å². The van der Waals surface area contributed by atoms with Gasteiger partial charge in [0.1, 0.15) is 5.69 Å². The highest BCUT2D eigenvalue weighted by Crippen LogP contribution is 2.38. The van der Waals surface area contributed by atoms with Crippen molar-refractivity contribution in [2.24, 2.45) is 4.99 Å². The predicted molar refractivity (Wildman–Crippen MR) is 49.2 cm³/mol. The predicted octanol–water partition coefficient (Wildman–Crippen LogP) is 1.01. The lowest BCUT2D eigenvalue weighted by Crippen LogP contribution is -1.92. The Morgan fingerprint density at radius 3 is 2.86 bits per heavy atom. The Morgan fingerprint density at radius 1 is 1.43 bits per heavy atom. The Kier molecular flexibility index (Phi) is 1.78. The normalized spacial score (nSPS) is 15.9. The second-order valence-electron chi connectivity index (χ2n) is 2.76. The van der Waals surface area contributed by atoms with E-state index in [1.165, 1.54) is 18.3 Å². The van der Waals surface area contributed by atoms with Gasteiger partial charge < -0.3 is 5.11 Å². The number of nitrogens with zero attached hydrogens (tertiary/aromatic N) is 2. The number of rotatable bonds is 1. The first-order chi connectivity index (χ1) is 6.74. The second-order valence-corrected chi connectivity index (χ2v) is 2.76. The SMILES string of the molecule is O=[N+]([O-])c1cccc2c1N=CC2=C[O-]. The van der Waals surface area contributed by atoms with Crippen LogP contribution in [0, 0.1) is 10.1 Å². The van der Waals surface area contributed by atoms with Gasteiger partial charge in [-0.1, -0.05) is 12.1 Å². The molecule has 0 amide bonds. The first kappa shape index (κ1) is 8.43. The molecule has 5 heteroatoms. The molecule has 1 aliphatic heterocycles. The van der Waals surface area contributed by atoms with Crippen LogP contribution in [0.5, 0.6) is 0 Å². The van der Waals surface area contributed by atoms with E-state index < -0.39 is 4.92 Å². The number of nitro groups is 1. The number of fused-ring (bicyclic) bond motifs is 1. The molecule has 0 saturated carbocycles. The first-order valence-electron chi connectivity index (χ1n) is 3.88. The standard InChI is InChI=1S/C9H6N2O3/c12-5-6-4-10-9-7(6)2-1-3-8(9)11(13)14/h1-5,12H/p-1. The van der Waals surface area contributed by atoms with Crippen LogP contribution in [0.25, 0.3) is 5.57 Å². The van der Waals surface area contributed by atoms with E-state index in [-0.39, 0.29) is 11.4 Å². The molecule has 0 N–H and O–H groups in total. The van der Waals surface area contributed by atoms with E-state index >= 15 is 0 Å². The Hall–Kier alpha value is -2.17. The molecule has 0 fully saturated rings. The van der Waals surface area contributed by atoms with Crippen molar-refractivity contribution in [1.29, 1.82) is 0 Å². The van der Waals surface area contributed by atoms with Crippen molar-refractivity contribution in [2.75, 3.05) is 0 Å². The van der Waals surface area contributed by atoms with Crippen LogP contribution in [0.3, 0.4) is 0 Å². The van der Waals surface area contributed by atoms with Gasteiger partial charge in [-0.25, -0.2) is 4.99 Å². The van der Waals surface area contributed by atoms with Crippen LogP contribution in [0.2, 0.25) is 0 Å². The number of para-hydroxylation sites is 1. The smallest absolute Gasteiger partial charge is 0.295 e. The third-order valence-corrected chi connectivity index (χ3v) is 1.98. The monoisotopic (exact) mass is 189 g/mol. The van der Waals surface area contributed by atoms with Gasteiger partial charge in [0.05, 0.1) is 4.92 Å². The fourth-order valence-corrected chi connectivity index (χ4v) is 1.34. The van der Waals surface area contributed by atoms with Crippen LogP contribution in [0.4, 0.5) is 11.4 Å². The molecular weight excluding hydrogens is 184 g/mol. The zero-order valence-corrected chi connectivity index (χ0v) is 7.01. The molecular formula is C9H5N2O3-. The Labute approximate surface area is 79.2 Å². The van der Waals surface area contributed by atoms with Crippen molar-refractivity contribution in [3.8, 4) is 0 Å². The van der Waals surface area contributed by atoms with E-state index in [0.29, 0.717) is 17.4 Å². The number of benzene rings is 1. The van der Waals surface area contributed by atoms with Crippen molar-refractivity contribution in [3.05, 3.63) is 40.1 Å². The van der Waals surface area contributed by atoms with E-state index in [0.717, 1.165) is 0 Å². The third-order valence-electron chi connectivity index (χ3n) is 1.98. The molecule has 2 rings (SSSR count). The number of hydrogen-bond acceptors (Lipinski definition) is 4. The van der Waals surface area contributed by atoms with Gasteiger partial charge in [0.15, 0.2) is 0 Å². The molecule has 0 atom stereocenters. The summed E-state index contributed by atoms with van der Waals surface area (Å²) in [5.74, 6) is 0. The van der Waals surface area contributed by atoms with Gasteiger partial charge in [-0.15, -0.1) is 6.26 Å². The van der Waals surface area contributed by atoms with Crippen LogP contribution in [0.1, 0.15) is 5.56 Å². The molecule has 0 unspecified atom stereocenters. The topological polar surface area (TPSA) is 78.6 Å². The number of allylic oxidation sites excluding steroid dienone is 1. The summed E-state index contributed by atoms with van der Waals surface area (Å²) in [6.07, 6.45) is 1.98. The zero-order valence-electron chi connectivity index (χ0n) is 7.01. The number of nitro benzene ring substituents is 1. The fraction of sp³-hybridized carbons (Fsp3) is 0. The van der Waals surface area contributed by atoms with Crippen molar-refractivity contribution in [2.45, 2.75) is 0 Å². The summed E-state index contributed by atoms with van der Waals surface area (Å²) in [5.41, 5.74) is 1.09. The molecule has 14 heavy (non-hydrogen) atoms. The lowest BCUT2D eigenvalue weighted by Gasteiger charge is -2.01. The van der Waals surface area contributed by atoms with E-state index in [1.807, 2.05) is 0 Å². The molecule has 70 valence electrons. The number of aliphatic imine (C=N–C) groups is 1. The largest absolute Gasteiger partial charge is 0.877 e. The zero-order chi connectivity index (χ0) is 10.1. The van der Waals surface area contributed by atoms with Crippen LogP contribution in [-0.2, 0) is 0 Å². The molecule has 1 aliphatic rings. The van der Waals surface area contributed by atoms with Gasteiger partial charge >= 0.3 is 0 Å². The lowest BCUT2D eigenvalue weighted by atomic mass is 10.1. The summed E-state index contributed by atoms with van der Waals surface area (Å²) in [5, 5.41) is 21.1. The highest BCUT2D eigenvalue weighted by Gasteiger charge is 2.20. The average Bonchev–Trinajstić information content (AvgIpc) is 2.59. The highest BCUT2D eigenvalue weighted by atomic mass is 16.6. The highest BCUT2D eigenvalue weighted by molar-refractivity contribution is 6.17. The van der Waals surface area contributed by atoms with Crippen LogP contribution in [0.15, 0.2) is 29.5 Å². The van der Waals surface area contributed by atoms with E-state index in [1.54, 1.807) is 6.07 Å². The minimum absolute atomic E-state index is 0.0735. The van der Waals surface area contributed by atoms with Crippen molar-refractivity contribution in [3.63, 3.8) is 0 Å². The summed E-state index contributed by atoms with van der Waals surface area (Å²) >= 11 is 0. The lowest BCUT2D eigenvalue weighted by molar-refractivity contribution is -0.384. The van der Waals surface area contributed by atoms with E-state index in [9.17, 15) is 15.2 Å². The minimum atomic E-state index is -0.510. The maximum absolute atomic E-state index is 10.6. The average molecular weight is 189 g/mol. The van der Waals surface area contributed by atoms with Gasteiger partial charge in [-0.05, 0) is 5.57 Å². The van der Waals surface area contributed by atoms with Crippen LogP contribution >= 0.6 is 0 Å². The minimum Gasteiger partial charge on any atom is -0.877 e. The summed E-state index contributed by atoms with van der Waals surface area (Å²) in [6, 6.07) is 4.54.